The summed E-state index contributed by atoms with van der Waals surface area (Å²) in [5.74, 6) is 1.61. The molecule has 2 aromatic heterocycles. The Morgan fingerprint density at radius 1 is 1.07 bits per heavy atom. The maximum absolute atomic E-state index is 5.67. The van der Waals surface area contributed by atoms with Crippen LogP contribution in [-0.4, -0.2) is 33.0 Å². The topological polar surface area (TPSA) is 115 Å². The van der Waals surface area contributed by atoms with E-state index in [-0.39, 0.29) is 18.0 Å². The summed E-state index contributed by atoms with van der Waals surface area (Å²) >= 11 is 0. The van der Waals surface area contributed by atoms with E-state index in [1.165, 1.54) is 5.56 Å². The molecule has 0 amide bonds. The number of nitrogens with zero attached hydrogens (tertiary/aromatic N) is 4. The van der Waals surface area contributed by atoms with Crippen LogP contribution in [0.25, 0.3) is 23.1 Å². The Labute approximate surface area is 176 Å². The smallest absolute Gasteiger partial charge is 0.186 e. The van der Waals surface area contributed by atoms with Gasteiger partial charge in [-0.3, -0.25) is 4.98 Å². The number of nitrogens with one attached hydrogen (secondary N) is 1. The van der Waals surface area contributed by atoms with Crippen LogP contribution in [0.4, 0.5) is 5.82 Å². The monoisotopic (exact) mass is 401 g/mol. The minimum atomic E-state index is 0.0504. The highest BCUT2D eigenvalue weighted by molar-refractivity contribution is 5.90. The van der Waals surface area contributed by atoms with Gasteiger partial charge in [-0.05, 0) is 55.7 Å². The molecule has 1 aromatic carbocycles. The van der Waals surface area contributed by atoms with Crippen LogP contribution in [0.1, 0.15) is 42.6 Å². The van der Waals surface area contributed by atoms with E-state index in [9.17, 15) is 0 Å². The molecule has 7 heteroatoms. The molecule has 154 valence electrons. The molecule has 1 saturated carbocycles. The number of aromatic nitrogens is 3. The van der Waals surface area contributed by atoms with Gasteiger partial charge >= 0.3 is 0 Å². The number of hydrogen-bond acceptors (Lipinski definition) is 5. The first kappa shape index (κ1) is 19.8. The predicted molar refractivity (Wildman–Crippen MR) is 123 cm³/mol. The molecule has 1 fully saturated rings. The van der Waals surface area contributed by atoms with Crippen LogP contribution in [0.2, 0.25) is 0 Å². The van der Waals surface area contributed by atoms with Gasteiger partial charge in [0.2, 0.25) is 0 Å². The fourth-order valence-electron chi connectivity index (χ4n) is 3.89. The molecule has 3 aromatic rings. The number of rotatable bonds is 5. The normalized spacial score (nSPS) is 19.1. The summed E-state index contributed by atoms with van der Waals surface area (Å²) in [6.45, 7) is 2.07. The zero-order chi connectivity index (χ0) is 20.9. The van der Waals surface area contributed by atoms with Crippen LogP contribution in [0.15, 0.2) is 47.7 Å². The highest BCUT2D eigenvalue weighted by atomic mass is 15.1. The second-order valence-electron chi connectivity index (χ2n) is 7.72. The van der Waals surface area contributed by atoms with Crippen molar-refractivity contribution in [3.63, 3.8) is 0 Å². The Morgan fingerprint density at radius 2 is 1.87 bits per heavy atom. The first-order valence-electron chi connectivity index (χ1n) is 10.3. The van der Waals surface area contributed by atoms with Crippen molar-refractivity contribution in [1.82, 2.24) is 15.0 Å². The highest BCUT2D eigenvalue weighted by Crippen LogP contribution is 2.28. The van der Waals surface area contributed by atoms with Crippen LogP contribution < -0.4 is 16.8 Å². The second kappa shape index (κ2) is 8.90. The molecule has 5 N–H and O–H groups in total. The first-order valence-corrected chi connectivity index (χ1v) is 10.3. The Morgan fingerprint density at radius 3 is 2.67 bits per heavy atom. The molecule has 0 spiro atoms. The molecule has 0 saturated heterocycles. The van der Waals surface area contributed by atoms with Gasteiger partial charge < -0.3 is 16.8 Å². The fourth-order valence-corrected chi connectivity index (χ4v) is 3.89. The van der Waals surface area contributed by atoms with Crippen molar-refractivity contribution >= 4 is 34.8 Å². The number of anilines is 1. The summed E-state index contributed by atoms with van der Waals surface area (Å²) in [7, 11) is 0. The van der Waals surface area contributed by atoms with Gasteiger partial charge in [-0.25, -0.2) is 15.0 Å². The maximum Gasteiger partial charge on any atom is 0.186 e. The van der Waals surface area contributed by atoms with Gasteiger partial charge in [0.05, 0.1) is 17.6 Å². The minimum absolute atomic E-state index is 0.0504. The number of pyridine rings is 1. The Bertz CT molecular complexity index is 1070. The van der Waals surface area contributed by atoms with Gasteiger partial charge in [-0.15, -0.1) is 0 Å². The number of fused-ring (bicyclic) bond motifs is 1. The lowest BCUT2D eigenvalue weighted by atomic mass is 9.90. The van der Waals surface area contributed by atoms with E-state index in [0.717, 1.165) is 48.0 Å². The van der Waals surface area contributed by atoms with Gasteiger partial charge in [0.25, 0.3) is 0 Å². The molecule has 2 heterocycles. The quantitative estimate of drug-likeness (QED) is 0.445. The van der Waals surface area contributed by atoms with Crippen LogP contribution in [0, 0.1) is 6.92 Å². The number of hydrogen-bond donors (Lipinski definition) is 3. The third-order valence-electron chi connectivity index (χ3n) is 5.37. The molecular formula is C23H27N7. The van der Waals surface area contributed by atoms with Crippen molar-refractivity contribution in [1.29, 1.82) is 0 Å². The summed E-state index contributed by atoms with van der Waals surface area (Å²) in [4.78, 5) is 18.1. The number of benzene rings is 1. The first-order chi connectivity index (χ1) is 14.6. The molecule has 30 heavy (non-hydrogen) atoms. The largest absolute Gasteiger partial charge is 0.370 e. The molecule has 4 rings (SSSR count). The van der Waals surface area contributed by atoms with Gasteiger partial charge in [0, 0.05) is 17.8 Å². The molecule has 2 atom stereocenters. The third-order valence-corrected chi connectivity index (χ3v) is 5.37. The van der Waals surface area contributed by atoms with Gasteiger partial charge in [-0.1, -0.05) is 30.5 Å². The summed E-state index contributed by atoms with van der Waals surface area (Å²) in [6, 6.07) is 10.3. The Hall–Kier alpha value is -3.48. The SMILES string of the molecule is Cc1ccc2nc(C=Cc3ccncc3)nc(NC3CCCCC3N=C(N)N)c2c1. The zero-order valence-corrected chi connectivity index (χ0v) is 17.1. The van der Waals surface area contributed by atoms with Crippen LogP contribution in [0.5, 0.6) is 0 Å². The lowest BCUT2D eigenvalue weighted by Gasteiger charge is -2.30. The second-order valence-corrected chi connectivity index (χ2v) is 7.72. The average Bonchev–Trinajstić information content (AvgIpc) is 2.74. The molecule has 1 aliphatic rings. The van der Waals surface area contributed by atoms with Gasteiger partial charge in [0.1, 0.15) is 5.82 Å². The predicted octanol–water partition coefficient (Wildman–Crippen LogP) is 3.50. The molecule has 0 radical (unpaired) electrons. The number of aliphatic imine (C=N–C) groups is 1. The van der Waals surface area contributed by atoms with Crippen LogP contribution in [0.3, 0.4) is 0 Å². The molecule has 0 aliphatic heterocycles. The lowest BCUT2D eigenvalue weighted by Crippen LogP contribution is -2.38. The summed E-state index contributed by atoms with van der Waals surface area (Å²) in [5, 5.41) is 4.64. The van der Waals surface area contributed by atoms with E-state index in [4.69, 9.17) is 21.4 Å². The third kappa shape index (κ3) is 4.74. The minimum Gasteiger partial charge on any atom is -0.370 e. The summed E-state index contributed by atoms with van der Waals surface area (Å²) in [6.07, 6.45) is 11.7. The van der Waals surface area contributed by atoms with E-state index >= 15 is 0 Å². The summed E-state index contributed by atoms with van der Waals surface area (Å²) < 4.78 is 0. The van der Waals surface area contributed by atoms with E-state index in [1.54, 1.807) is 12.4 Å². The summed E-state index contributed by atoms with van der Waals surface area (Å²) in [5.41, 5.74) is 14.5. The van der Waals surface area contributed by atoms with Crippen molar-refractivity contribution in [3.05, 3.63) is 59.7 Å². The Balaban J connectivity index is 1.70. The van der Waals surface area contributed by atoms with E-state index < -0.39 is 0 Å². The molecule has 2 unspecified atom stereocenters. The van der Waals surface area contributed by atoms with E-state index in [2.05, 4.69) is 34.3 Å². The van der Waals surface area contributed by atoms with Gasteiger partial charge in [0.15, 0.2) is 11.8 Å². The van der Waals surface area contributed by atoms with Crippen molar-refractivity contribution in [3.8, 4) is 0 Å². The van der Waals surface area contributed by atoms with E-state index in [0.29, 0.717) is 5.82 Å². The number of aryl methyl sites for hydroxylation is 1. The van der Waals surface area contributed by atoms with E-state index in [1.807, 2.05) is 30.4 Å². The lowest BCUT2D eigenvalue weighted by molar-refractivity contribution is 0.405. The van der Waals surface area contributed by atoms with Crippen LogP contribution in [-0.2, 0) is 0 Å². The van der Waals surface area contributed by atoms with Crippen molar-refractivity contribution in [2.75, 3.05) is 5.32 Å². The molecular weight excluding hydrogens is 374 g/mol. The van der Waals surface area contributed by atoms with Crippen molar-refractivity contribution in [2.24, 2.45) is 16.5 Å². The van der Waals surface area contributed by atoms with Crippen molar-refractivity contribution in [2.45, 2.75) is 44.7 Å². The van der Waals surface area contributed by atoms with Gasteiger partial charge in [-0.2, -0.15) is 0 Å². The Kier molecular flexibility index (Phi) is 5.88. The fraction of sp³-hybridized carbons (Fsp3) is 0.304. The molecule has 1 aliphatic carbocycles. The highest BCUT2D eigenvalue weighted by Gasteiger charge is 2.26. The number of guanidine groups is 1. The van der Waals surface area contributed by atoms with Crippen molar-refractivity contribution < 1.29 is 0 Å². The molecule has 7 nitrogen and oxygen atoms in total. The maximum atomic E-state index is 5.67. The standard InChI is InChI=1S/C23H27N7/c1-15-6-8-18-17(14-15)22(28-19-4-2-3-5-20(19)29-23(24)25)30-21(27-18)9-7-16-10-12-26-13-11-16/h6-14,19-20H,2-5H2,1H3,(H4,24,25,29)(H,27,28,30). The number of nitrogens with two attached hydrogens (primary N) is 2. The van der Waals surface area contributed by atoms with Crippen LogP contribution >= 0.6 is 0 Å². The molecule has 0 bridgehead atoms. The average molecular weight is 402 g/mol. The zero-order valence-electron chi connectivity index (χ0n) is 17.1.